The number of amides is 3. The van der Waals surface area contributed by atoms with Gasteiger partial charge in [-0.1, -0.05) is 0 Å². The summed E-state index contributed by atoms with van der Waals surface area (Å²) in [4.78, 5) is 33.3. The molecule has 164 valence electrons. The molecule has 1 N–H and O–H groups in total. The molecule has 2 aromatic heterocycles. The third-order valence-electron chi connectivity index (χ3n) is 5.90. The van der Waals surface area contributed by atoms with Crippen molar-refractivity contribution in [2.45, 2.75) is 39.5 Å². The summed E-state index contributed by atoms with van der Waals surface area (Å²) >= 11 is 0. The monoisotopic (exact) mass is 438 g/mol. The topological polar surface area (TPSA) is 83.4 Å². The molecule has 0 fully saturated rings. The van der Waals surface area contributed by atoms with Gasteiger partial charge >= 0.3 is 6.03 Å². The molecular weight excluding hydrogens is 418 g/mol. The van der Waals surface area contributed by atoms with E-state index in [2.05, 4.69) is 15.4 Å². The van der Waals surface area contributed by atoms with E-state index in [1.165, 1.54) is 13.0 Å². The number of carbonyl (C=O) groups excluding carboxylic acids is 2. The number of nitrogens with zero attached hydrogens (tertiary/aromatic N) is 5. The second kappa shape index (κ2) is 7.40. The Kier molecular flexibility index (Phi) is 4.65. The van der Waals surface area contributed by atoms with E-state index in [-0.39, 0.29) is 29.7 Å². The highest BCUT2D eigenvalue weighted by Gasteiger charge is 2.36. The number of hydrogen-bond acceptors (Lipinski definition) is 4. The van der Waals surface area contributed by atoms with Crippen LogP contribution in [0.25, 0.3) is 0 Å². The van der Waals surface area contributed by atoms with Crippen LogP contribution in [0.1, 0.15) is 34.2 Å². The van der Waals surface area contributed by atoms with Crippen LogP contribution < -0.4 is 10.2 Å². The lowest BCUT2D eigenvalue weighted by atomic mass is 10.1. The van der Waals surface area contributed by atoms with Gasteiger partial charge in [-0.3, -0.25) is 19.4 Å². The van der Waals surface area contributed by atoms with Gasteiger partial charge in [0.05, 0.1) is 54.5 Å². The number of rotatable bonds is 2. The Hall–Kier alpha value is -3.82. The molecule has 32 heavy (non-hydrogen) atoms. The molecule has 10 heteroatoms. The summed E-state index contributed by atoms with van der Waals surface area (Å²) in [5.41, 5.74) is 2.88. The number of fused-ring (bicyclic) bond motifs is 2. The summed E-state index contributed by atoms with van der Waals surface area (Å²) in [5.74, 6) is -2.11. The van der Waals surface area contributed by atoms with E-state index in [0.29, 0.717) is 30.0 Å². The molecule has 5 rings (SSSR count). The van der Waals surface area contributed by atoms with Crippen LogP contribution in [0.15, 0.2) is 36.7 Å². The Morgan fingerprint density at radius 1 is 1.25 bits per heavy atom. The zero-order chi connectivity index (χ0) is 22.6. The van der Waals surface area contributed by atoms with Crippen molar-refractivity contribution in [2.24, 2.45) is 0 Å². The zero-order valence-corrected chi connectivity index (χ0v) is 17.5. The Bertz CT molecular complexity index is 1230. The average molecular weight is 438 g/mol. The highest BCUT2D eigenvalue weighted by Crippen LogP contribution is 2.33. The highest BCUT2D eigenvalue weighted by atomic mass is 19.2. The van der Waals surface area contributed by atoms with E-state index in [1.54, 1.807) is 39.0 Å². The fourth-order valence-electron chi connectivity index (χ4n) is 4.20. The third kappa shape index (κ3) is 3.19. The number of halogens is 2. The van der Waals surface area contributed by atoms with Gasteiger partial charge in [0, 0.05) is 18.0 Å². The van der Waals surface area contributed by atoms with Gasteiger partial charge in [0.15, 0.2) is 11.6 Å². The van der Waals surface area contributed by atoms with Crippen molar-refractivity contribution in [1.29, 1.82) is 0 Å². The van der Waals surface area contributed by atoms with E-state index in [4.69, 9.17) is 0 Å². The maximum Gasteiger partial charge on any atom is 0.322 e. The summed E-state index contributed by atoms with van der Waals surface area (Å²) < 4.78 is 29.1. The van der Waals surface area contributed by atoms with Gasteiger partial charge in [-0.25, -0.2) is 13.6 Å². The summed E-state index contributed by atoms with van der Waals surface area (Å²) in [6, 6.07) is 5.16. The number of hydrogen-bond donors (Lipinski definition) is 1. The molecule has 2 aliphatic rings. The first kappa shape index (κ1) is 20.1. The molecular formula is C22H20F2N6O2. The Morgan fingerprint density at radius 3 is 2.81 bits per heavy atom. The Balaban J connectivity index is 1.40. The van der Waals surface area contributed by atoms with Crippen LogP contribution >= 0.6 is 0 Å². The second-order valence-electron chi connectivity index (χ2n) is 8.04. The molecule has 0 aliphatic carbocycles. The molecule has 0 radical (unpaired) electrons. The van der Waals surface area contributed by atoms with Crippen LogP contribution in [0, 0.1) is 18.6 Å². The maximum absolute atomic E-state index is 13.7. The molecule has 1 atom stereocenters. The van der Waals surface area contributed by atoms with E-state index >= 15 is 0 Å². The number of aromatic nitrogens is 3. The van der Waals surface area contributed by atoms with Crippen molar-refractivity contribution < 1.29 is 18.4 Å². The average Bonchev–Trinajstić information content (AvgIpc) is 3.31. The summed E-state index contributed by atoms with van der Waals surface area (Å²) in [7, 11) is 0. The first-order valence-corrected chi connectivity index (χ1v) is 10.2. The van der Waals surface area contributed by atoms with Gasteiger partial charge in [-0.2, -0.15) is 5.10 Å². The number of carbonyl (C=O) groups is 2. The number of pyridine rings is 1. The van der Waals surface area contributed by atoms with Crippen molar-refractivity contribution in [3.05, 3.63) is 70.8 Å². The molecule has 4 heterocycles. The molecule has 3 aromatic rings. The van der Waals surface area contributed by atoms with Crippen LogP contribution in [0.5, 0.6) is 0 Å². The maximum atomic E-state index is 13.7. The largest absolute Gasteiger partial charge is 0.322 e. The highest BCUT2D eigenvalue weighted by molar-refractivity contribution is 6.09. The predicted octanol–water partition coefficient (Wildman–Crippen LogP) is 3.46. The first-order chi connectivity index (χ1) is 15.3. The second-order valence-corrected chi connectivity index (χ2v) is 8.04. The quantitative estimate of drug-likeness (QED) is 0.664. The van der Waals surface area contributed by atoms with Crippen LogP contribution in [0.3, 0.4) is 0 Å². The number of benzene rings is 1. The molecule has 0 saturated carbocycles. The fraction of sp³-hybridized carbons (Fsp3) is 0.273. The fourth-order valence-corrected chi connectivity index (χ4v) is 4.20. The van der Waals surface area contributed by atoms with Gasteiger partial charge < -0.3 is 10.2 Å². The summed E-state index contributed by atoms with van der Waals surface area (Å²) in [6.07, 6.45) is 3.28. The zero-order valence-electron chi connectivity index (χ0n) is 17.5. The SMILES string of the molecule is Cc1cc(NC(=O)N2Cc3c(N4Cc5ncccc5C4=O)cnn3C[C@@H]2C)cc(F)c1F. The smallest absolute Gasteiger partial charge is 0.314 e. The number of aryl methyl sites for hydroxylation is 1. The predicted molar refractivity (Wildman–Crippen MR) is 112 cm³/mol. The van der Waals surface area contributed by atoms with E-state index in [9.17, 15) is 18.4 Å². The van der Waals surface area contributed by atoms with Gasteiger partial charge in [0.1, 0.15) is 0 Å². The molecule has 2 aliphatic heterocycles. The molecule has 3 amide bonds. The molecule has 8 nitrogen and oxygen atoms in total. The van der Waals surface area contributed by atoms with Gasteiger partial charge in [0.25, 0.3) is 5.91 Å². The Labute approximate surface area is 182 Å². The van der Waals surface area contributed by atoms with Gasteiger partial charge in [-0.05, 0) is 37.6 Å². The van der Waals surface area contributed by atoms with Crippen molar-refractivity contribution in [3.63, 3.8) is 0 Å². The van der Waals surface area contributed by atoms with Crippen LogP contribution in [-0.4, -0.2) is 37.6 Å². The lowest BCUT2D eigenvalue weighted by Gasteiger charge is -2.35. The molecule has 0 unspecified atom stereocenters. The first-order valence-electron chi connectivity index (χ1n) is 10.2. The number of urea groups is 1. The van der Waals surface area contributed by atoms with E-state index in [1.807, 2.05) is 6.92 Å². The molecule has 0 bridgehead atoms. The molecule has 0 spiro atoms. The standard InChI is InChI=1S/C22H20F2N6O2/c1-12-6-14(7-16(23)20(12)24)27-22(32)28-11-19-18(8-26-30(19)9-13(28)2)29-10-17-15(21(29)31)4-3-5-25-17/h3-8,13H,9-11H2,1-2H3,(H,27,32)/t13-/m0/s1. The minimum Gasteiger partial charge on any atom is -0.314 e. The molecule has 0 saturated heterocycles. The lowest BCUT2D eigenvalue weighted by Crippen LogP contribution is -2.47. The van der Waals surface area contributed by atoms with Crippen molar-refractivity contribution in [2.75, 3.05) is 10.2 Å². The van der Waals surface area contributed by atoms with E-state index in [0.717, 1.165) is 11.8 Å². The third-order valence-corrected chi connectivity index (χ3v) is 5.90. The van der Waals surface area contributed by atoms with Crippen molar-refractivity contribution >= 4 is 23.3 Å². The van der Waals surface area contributed by atoms with Crippen LogP contribution in [0.2, 0.25) is 0 Å². The normalized spacial score (nSPS) is 17.4. The minimum absolute atomic E-state index is 0.105. The minimum atomic E-state index is -1.02. The summed E-state index contributed by atoms with van der Waals surface area (Å²) in [6.45, 7) is 4.29. The summed E-state index contributed by atoms with van der Waals surface area (Å²) in [5, 5.41) is 7.06. The Morgan fingerprint density at radius 2 is 2.06 bits per heavy atom. The van der Waals surface area contributed by atoms with E-state index < -0.39 is 17.7 Å². The van der Waals surface area contributed by atoms with Crippen molar-refractivity contribution in [1.82, 2.24) is 19.7 Å². The van der Waals surface area contributed by atoms with Crippen LogP contribution in [-0.2, 0) is 19.6 Å². The van der Waals surface area contributed by atoms with Crippen molar-refractivity contribution in [3.8, 4) is 0 Å². The number of anilines is 2. The number of nitrogens with one attached hydrogen (secondary N) is 1. The van der Waals surface area contributed by atoms with Crippen LogP contribution in [0.4, 0.5) is 25.0 Å². The lowest BCUT2D eigenvalue weighted by molar-refractivity contribution is 0.0996. The van der Waals surface area contributed by atoms with Gasteiger partial charge in [-0.15, -0.1) is 0 Å². The molecule has 1 aromatic carbocycles. The van der Waals surface area contributed by atoms with Gasteiger partial charge in [0.2, 0.25) is 0 Å².